The minimum atomic E-state index is 0.210. The molecule has 1 aromatic rings. The smallest absolute Gasteiger partial charge is 0.177 e. The van der Waals surface area contributed by atoms with Crippen molar-refractivity contribution in [2.24, 2.45) is 0 Å². The van der Waals surface area contributed by atoms with Gasteiger partial charge in [-0.25, -0.2) is 0 Å². The summed E-state index contributed by atoms with van der Waals surface area (Å²) in [6.07, 6.45) is 1.22. The van der Waals surface area contributed by atoms with Crippen LogP contribution in [-0.2, 0) is 4.74 Å². The molecule has 0 aliphatic carbocycles. The van der Waals surface area contributed by atoms with Gasteiger partial charge in [-0.3, -0.25) is 9.69 Å². The zero-order chi connectivity index (χ0) is 13.0. The fraction of sp³-hybridized carbons (Fsp3) is 0.533. The van der Waals surface area contributed by atoms with Gasteiger partial charge in [0.05, 0.1) is 12.6 Å². The van der Waals surface area contributed by atoms with Crippen molar-refractivity contribution in [3.8, 4) is 0 Å². The van der Waals surface area contributed by atoms with Gasteiger partial charge >= 0.3 is 0 Å². The number of ether oxygens (including phenoxy) is 1. The van der Waals surface area contributed by atoms with Gasteiger partial charge in [0.2, 0.25) is 0 Å². The number of carbonyl (C=O) groups excluding carboxylic acids is 1. The van der Waals surface area contributed by atoms with E-state index in [2.05, 4.69) is 11.8 Å². The minimum Gasteiger partial charge on any atom is -0.377 e. The summed E-state index contributed by atoms with van der Waals surface area (Å²) in [5.41, 5.74) is 1.90. The Morgan fingerprint density at radius 1 is 1.44 bits per heavy atom. The highest BCUT2D eigenvalue weighted by atomic mass is 16.5. The van der Waals surface area contributed by atoms with Gasteiger partial charge in [-0.05, 0) is 25.8 Å². The van der Waals surface area contributed by atoms with Crippen molar-refractivity contribution in [3.63, 3.8) is 0 Å². The number of hydrogen-bond acceptors (Lipinski definition) is 3. The first kappa shape index (κ1) is 13.2. The van der Waals surface area contributed by atoms with E-state index in [0.29, 0.717) is 6.54 Å². The molecule has 3 nitrogen and oxygen atoms in total. The monoisotopic (exact) mass is 247 g/mol. The zero-order valence-electron chi connectivity index (χ0n) is 11.2. The number of nitrogens with zero attached hydrogens (tertiary/aromatic N) is 1. The third kappa shape index (κ3) is 3.40. The van der Waals surface area contributed by atoms with Crippen LogP contribution in [0.25, 0.3) is 0 Å². The molecule has 3 heteroatoms. The van der Waals surface area contributed by atoms with E-state index in [9.17, 15) is 4.79 Å². The molecule has 1 aliphatic heterocycles. The van der Waals surface area contributed by atoms with Crippen LogP contribution in [0.15, 0.2) is 24.3 Å². The molecule has 2 rings (SSSR count). The number of ketones is 1. The van der Waals surface area contributed by atoms with E-state index in [1.807, 2.05) is 31.2 Å². The number of aryl methyl sites for hydroxylation is 1. The topological polar surface area (TPSA) is 29.5 Å². The average molecular weight is 247 g/mol. The third-order valence-electron chi connectivity index (χ3n) is 3.35. The zero-order valence-corrected chi connectivity index (χ0v) is 11.2. The summed E-state index contributed by atoms with van der Waals surface area (Å²) < 4.78 is 5.59. The average Bonchev–Trinajstić information content (AvgIpc) is 2.54. The standard InChI is InChI=1S/C15H21NO2/c1-12-6-3-4-7-14(12)15(17)11-16-8-5-9-18-13(2)10-16/h3-4,6-7,13H,5,8-11H2,1-2H3. The Balaban J connectivity index is 2.00. The van der Waals surface area contributed by atoms with Gasteiger partial charge in [-0.1, -0.05) is 24.3 Å². The second-order valence-electron chi connectivity index (χ2n) is 5.01. The number of carbonyl (C=O) groups is 1. The lowest BCUT2D eigenvalue weighted by atomic mass is 10.0. The maximum Gasteiger partial charge on any atom is 0.177 e. The predicted molar refractivity (Wildman–Crippen MR) is 72.0 cm³/mol. The van der Waals surface area contributed by atoms with Crippen molar-refractivity contribution in [2.75, 3.05) is 26.2 Å². The highest BCUT2D eigenvalue weighted by Gasteiger charge is 2.18. The number of rotatable bonds is 3. The summed E-state index contributed by atoms with van der Waals surface area (Å²) in [5.74, 6) is 0.210. The lowest BCUT2D eigenvalue weighted by Crippen LogP contribution is -2.35. The van der Waals surface area contributed by atoms with E-state index in [1.54, 1.807) is 0 Å². The van der Waals surface area contributed by atoms with Gasteiger partial charge in [-0.15, -0.1) is 0 Å². The highest BCUT2D eigenvalue weighted by Crippen LogP contribution is 2.11. The Bertz CT molecular complexity index is 417. The van der Waals surface area contributed by atoms with Crippen LogP contribution < -0.4 is 0 Å². The van der Waals surface area contributed by atoms with Crippen molar-refractivity contribution in [1.29, 1.82) is 0 Å². The molecule has 0 spiro atoms. The molecule has 0 N–H and O–H groups in total. The predicted octanol–water partition coefficient (Wildman–Crippen LogP) is 2.29. The molecule has 1 aliphatic rings. The highest BCUT2D eigenvalue weighted by molar-refractivity contribution is 5.98. The molecule has 0 amide bonds. The van der Waals surface area contributed by atoms with Crippen molar-refractivity contribution >= 4 is 5.78 Å². The second kappa shape index (κ2) is 6.12. The summed E-state index contributed by atoms with van der Waals surface area (Å²) in [4.78, 5) is 14.5. The van der Waals surface area contributed by atoms with Crippen LogP contribution in [0.3, 0.4) is 0 Å². The first-order valence-electron chi connectivity index (χ1n) is 6.59. The van der Waals surface area contributed by atoms with Crippen LogP contribution in [0.5, 0.6) is 0 Å². The minimum absolute atomic E-state index is 0.210. The number of hydrogen-bond donors (Lipinski definition) is 0. The van der Waals surface area contributed by atoms with E-state index in [0.717, 1.165) is 37.2 Å². The first-order chi connectivity index (χ1) is 8.66. The van der Waals surface area contributed by atoms with Crippen molar-refractivity contribution in [3.05, 3.63) is 35.4 Å². The van der Waals surface area contributed by atoms with E-state index >= 15 is 0 Å². The summed E-state index contributed by atoms with van der Waals surface area (Å²) >= 11 is 0. The SMILES string of the molecule is Cc1ccccc1C(=O)CN1CCCOC(C)C1. The second-order valence-corrected chi connectivity index (χ2v) is 5.01. The van der Waals surface area contributed by atoms with Crippen molar-refractivity contribution in [1.82, 2.24) is 4.90 Å². The molecule has 1 aromatic carbocycles. The van der Waals surface area contributed by atoms with E-state index in [4.69, 9.17) is 4.74 Å². The maximum absolute atomic E-state index is 12.3. The molecule has 0 bridgehead atoms. The number of Topliss-reactive ketones (excluding diaryl/α,β-unsaturated/α-hetero) is 1. The van der Waals surface area contributed by atoms with Crippen LogP contribution in [-0.4, -0.2) is 43.0 Å². The summed E-state index contributed by atoms with van der Waals surface area (Å²) in [7, 11) is 0. The largest absolute Gasteiger partial charge is 0.377 e. The lowest BCUT2D eigenvalue weighted by Gasteiger charge is -2.21. The Morgan fingerprint density at radius 3 is 3.00 bits per heavy atom. The fourth-order valence-corrected chi connectivity index (χ4v) is 2.40. The molecular formula is C15H21NO2. The van der Waals surface area contributed by atoms with Gasteiger partial charge in [-0.2, -0.15) is 0 Å². The molecule has 18 heavy (non-hydrogen) atoms. The maximum atomic E-state index is 12.3. The molecule has 0 saturated carbocycles. The molecule has 98 valence electrons. The Hall–Kier alpha value is -1.19. The molecule has 1 saturated heterocycles. The molecule has 1 heterocycles. The molecule has 1 atom stereocenters. The quantitative estimate of drug-likeness (QED) is 0.768. The van der Waals surface area contributed by atoms with Gasteiger partial charge in [0.15, 0.2) is 5.78 Å². The number of benzene rings is 1. The lowest BCUT2D eigenvalue weighted by molar-refractivity contribution is 0.0657. The summed E-state index contributed by atoms with van der Waals surface area (Å²) in [6.45, 7) is 7.15. The van der Waals surface area contributed by atoms with Crippen LogP contribution in [0.2, 0.25) is 0 Å². The van der Waals surface area contributed by atoms with E-state index in [-0.39, 0.29) is 11.9 Å². The molecule has 1 unspecified atom stereocenters. The molecule has 0 aromatic heterocycles. The molecular weight excluding hydrogens is 226 g/mol. The van der Waals surface area contributed by atoms with Crippen LogP contribution in [0.1, 0.15) is 29.3 Å². The van der Waals surface area contributed by atoms with Gasteiger partial charge in [0.1, 0.15) is 0 Å². The van der Waals surface area contributed by atoms with Crippen molar-refractivity contribution in [2.45, 2.75) is 26.4 Å². The van der Waals surface area contributed by atoms with Crippen LogP contribution >= 0.6 is 0 Å². The first-order valence-corrected chi connectivity index (χ1v) is 6.59. The van der Waals surface area contributed by atoms with Gasteiger partial charge in [0, 0.05) is 25.3 Å². The third-order valence-corrected chi connectivity index (χ3v) is 3.35. The van der Waals surface area contributed by atoms with Crippen LogP contribution in [0, 0.1) is 6.92 Å². The van der Waals surface area contributed by atoms with E-state index in [1.165, 1.54) is 0 Å². The summed E-state index contributed by atoms with van der Waals surface area (Å²) in [6, 6.07) is 7.79. The van der Waals surface area contributed by atoms with Gasteiger partial charge in [0.25, 0.3) is 0 Å². The van der Waals surface area contributed by atoms with Gasteiger partial charge < -0.3 is 4.74 Å². The Labute approximate surface area is 109 Å². The Morgan fingerprint density at radius 2 is 2.22 bits per heavy atom. The fourth-order valence-electron chi connectivity index (χ4n) is 2.40. The normalized spacial score (nSPS) is 21.6. The van der Waals surface area contributed by atoms with E-state index < -0.39 is 0 Å². The summed E-state index contributed by atoms with van der Waals surface area (Å²) in [5, 5.41) is 0. The van der Waals surface area contributed by atoms with Crippen molar-refractivity contribution < 1.29 is 9.53 Å². The molecule has 1 fully saturated rings. The Kier molecular flexibility index (Phi) is 4.50. The van der Waals surface area contributed by atoms with Crippen LogP contribution in [0.4, 0.5) is 0 Å². The molecule has 0 radical (unpaired) electrons.